The Hall–Kier alpha value is -1.93. The number of Topliss-reactive ketones (excluding diaryl/α,β-unsaturated/α-hetero) is 1. The van der Waals surface area contributed by atoms with E-state index in [0.29, 0.717) is 6.54 Å². The number of aryl methyl sites for hydroxylation is 2. The predicted octanol–water partition coefficient (Wildman–Crippen LogP) is 3.28. The molecule has 1 N–H and O–H groups in total. The van der Waals surface area contributed by atoms with Crippen molar-refractivity contribution in [1.82, 2.24) is 5.32 Å². The molecule has 2 aromatic carbocycles. The van der Waals surface area contributed by atoms with E-state index in [4.69, 9.17) is 0 Å². The molecule has 0 atom stereocenters. The van der Waals surface area contributed by atoms with Gasteiger partial charge in [0.2, 0.25) is 0 Å². The lowest BCUT2D eigenvalue weighted by molar-refractivity contribution is 0.0990. The zero-order valence-corrected chi connectivity index (χ0v) is 11.4. The SMILES string of the molecule is Cc1ccc(C(=O)CNCc2ccccc2)cc1C. The number of rotatable bonds is 5. The lowest BCUT2D eigenvalue weighted by Crippen LogP contribution is -2.22. The van der Waals surface area contributed by atoms with Gasteiger partial charge in [0.1, 0.15) is 0 Å². The molecule has 0 unspecified atom stereocenters. The van der Waals surface area contributed by atoms with Gasteiger partial charge in [-0.15, -0.1) is 0 Å². The maximum absolute atomic E-state index is 12.0. The highest BCUT2D eigenvalue weighted by molar-refractivity contribution is 5.97. The summed E-state index contributed by atoms with van der Waals surface area (Å²) in [6, 6.07) is 15.9. The smallest absolute Gasteiger partial charge is 0.176 e. The fourth-order valence-corrected chi connectivity index (χ4v) is 1.93. The summed E-state index contributed by atoms with van der Waals surface area (Å²) >= 11 is 0. The predicted molar refractivity (Wildman–Crippen MR) is 78.4 cm³/mol. The fourth-order valence-electron chi connectivity index (χ4n) is 1.93. The fraction of sp³-hybridized carbons (Fsp3) is 0.235. The standard InChI is InChI=1S/C17H19NO/c1-13-8-9-16(10-14(13)2)17(19)12-18-11-15-6-4-3-5-7-15/h3-10,18H,11-12H2,1-2H3. The zero-order valence-electron chi connectivity index (χ0n) is 11.4. The Kier molecular flexibility index (Phi) is 4.48. The van der Waals surface area contributed by atoms with Crippen LogP contribution in [0.1, 0.15) is 27.0 Å². The van der Waals surface area contributed by atoms with Crippen LogP contribution >= 0.6 is 0 Å². The van der Waals surface area contributed by atoms with E-state index in [0.717, 1.165) is 17.7 Å². The molecule has 0 aromatic heterocycles. The first-order valence-corrected chi connectivity index (χ1v) is 6.52. The summed E-state index contributed by atoms with van der Waals surface area (Å²) in [5, 5.41) is 3.18. The molecule has 2 aromatic rings. The Morgan fingerprint density at radius 2 is 1.74 bits per heavy atom. The van der Waals surface area contributed by atoms with E-state index in [1.165, 1.54) is 11.1 Å². The molecule has 2 rings (SSSR count). The number of hydrogen-bond acceptors (Lipinski definition) is 2. The van der Waals surface area contributed by atoms with Crippen LogP contribution < -0.4 is 5.32 Å². The van der Waals surface area contributed by atoms with Gasteiger partial charge in [0, 0.05) is 12.1 Å². The van der Waals surface area contributed by atoms with Crippen LogP contribution in [-0.2, 0) is 6.54 Å². The van der Waals surface area contributed by atoms with Gasteiger partial charge < -0.3 is 5.32 Å². The van der Waals surface area contributed by atoms with Crippen molar-refractivity contribution in [1.29, 1.82) is 0 Å². The van der Waals surface area contributed by atoms with Gasteiger partial charge in [-0.3, -0.25) is 4.79 Å². The second kappa shape index (κ2) is 6.30. The average Bonchev–Trinajstić information content (AvgIpc) is 2.43. The first-order chi connectivity index (χ1) is 9.16. The molecule has 19 heavy (non-hydrogen) atoms. The first-order valence-electron chi connectivity index (χ1n) is 6.52. The topological polar surface area (TPSA) is 29.1 Å². The number of ketones is 1. The number of carbonyl (C=O) groups excluding carboxylic acids is 1. The summed E-state index contributed by atoms with van der Waals surface area (Å²) in [6.45, 7) is 5.18. The van der Waals surface area contributed by atoms with Crippen LogP contribution in [-0.4, -0.2) is 12.3 Å². The van der Waals surface area contributed by atoms with Gasteiger partial charge in [-0.05, 0) is 36.6 Å². The van der Waals surface area contributed by atoms with Crippen LogP contribution in [0, 0.1) is 13.8 Å². The molecular formula is C17H19NO. The minimum absolute atomic E-state index is 0.138. The summed E-state index contributed by atoms with van der Waals surface area (Å²) in [6.07, 6.45) is 0. The Morgan fingerprint density at radius 1 is 1.00 bits per heavy atom. The normalized spacial score (nSPS) is 10.4. The monoisotopic (exact) mass is 253 g/mol. The molecule has 0 aliphatic carbocycles. The van der Waals surface area contributed by atoms with Crippen molar-refractivity contribution < 1.29 is 4.79 Å². The second-order valence-corrected chi connectivity index (χ2v) is 4.81. The molecule has 0 aliphatic heterocycles. The van der Waals surface area contributed by atoms with Gasteiger partial charge in [0.05, 0.1) is 6.54 Å². The van der Waals surface area contributed by atoms with Crippen molar-refractivity contribution in [2.75, 3.05) is 6.54 Å². The van der Waals surface area contributed by atoms with E-state index in [-0.39, 0.29) is 5.78 Å². The highest BCUT2D eigenvalue weighted by Gasteiger charge is 2.06. The van der Waals surface area contributed by atoms with Gasteiger partial charge in [0.25, 0.3) is 0 Å². The maximum Gasteiger partial charge on any atom is 0.176 e. The maximum atomic E-state index is 12.0. The Bertz CT molecular complexity index is 561. The van der Waals surface area contributed by atoms with Crippen molar-refractivity contribution in [3.63, 3.8) is 0 Å². The third-order valence-electron chi connectivity index (χ3n) is 3.29. The van der Waals surface area contributed by atoms with Crippen LogP contribution in [0.25, 0.3) is 0 Å². The average molecular weight is 253 g/mol. The molecule has 0 saturated carbocycles. The van der Waals surface area contributed by atoms with E-state index in [1.54, 1.807) is 0 Å². The van der Waals surface area contributed by atoms with Gasteiger partial charge in [-0.2, -0.15) is 0 Å². The van der Waals surface area contributed by atoms with Gasteiger partial charge in [-0.25, -0.2) is 0 Å². The van der Waals surface area contributed by atoms with E-state index < -0.39 is 0 Å². The highest BCUT2D eigenvalue weighted by atomic mass is 16.1. The van der Waals surface area contributed by atoms with Crippen molar-refractivity contribution in [3.8, 4) is 0 Å². The minimum Gasteiger partial charge on any atom is -0.306 e. The van der Waals surface area contributed by atoms with E-state index >= 15 is 0 Å². The number of hydrogen-bond donors (Lipinski definition) is 1. The molecule has 2 nitrogen and oxygen atoms in total. The molecule has 2 heteroatoms. The lowest BCUT2D eigenvalue weighted by atomic mass is 10.0. The molecular weight excluding hydrogens is 234 g/mol. The summed E-state index contributed by atoms with van der Waals surface area (Å²) in [5.74, 6) is 0.138. The molecule has 0 radical (unpaired) electrons. The highest BCUT2D eigenvalue weighted by Crippen LogP contribution is 2.10. The molecule has 0 fully saturated rings. The van der Waals surface area contributed by atoms with Crippen molar-refractivity contribution in [3.05, 3.63) is 70.8 Å². The summed E-state index contributed by atoms with van der Waals surface area (Å²) in [7, 11) is 0. The van der Waals surface area contributed by atoms with Crippen LogP contribution in [0.15, 0.2) is 48.5 Å². The summed E-state index contributed by atoms with van der Waals surface area (Å²) in [4.78, 5) is 12.0. The largest absolute Gasteiger partial charge is 0.306 e. The number of carbonyl (C=O) groups is 1. The van der Waals surface area contributed by atoms with E-state index in [2.05, 4.69) is 12.2 Å². The van der Waals surface area contributed by atoms with Crippen LogP contribution in [0.4, 0.5) is 0 Å². The van der Waals surface area contributed by atoms with Crippen molar-refractivity contribution in [2.24, 2.45) is 0 Å². The number of nitrogens with one attached hydrogen (secondary N) is 1. The van der Waals surface area contributed by atoms with Crippen LogP contribution in [0.3, 0.4) is 0 Å². The molecule has 0 heterocycles. The summed E-state index contributed by atoms with van der Waals surface area (Å²) < 4.78 is 0. The van der Waals surface area contributed by atoms with E-state index in [9.17, 15) is 4.79 Å². The Balaban J connectivity index is 1.89. The molecule has 0 saturated heterocycles. The Morgan fingerprint density at radius 3 is 2.42 bits per heavy atom. The first kappa shape index (κ1) is 13.5. The lowest BCUT2D eigenvalue weighted by Gasteiger charge is -2.06. The quantitative estimate of drug-likeness (QED) is 0.829. The van der Waals surface area contributed by atoms with Gasteiger partial charge >= 0.3 is 0 Å². The zero-order chi connectivity index (χ0) is 13.7. The van der Waals surface area contributed by atoms with Crippen molar-refractivity contribution >= 4 is 5.78 Å². The van der Waals surface area contributed by atoms with Gasteiger partial charge in [-0.1, -0.05) is 42.5 Å². The Labute approximate surface area is 114 Å². The summed E-state index contributed by atoms with van der Waals surface area (Å²) in [5.41, 5.74) is 4.35. The second-order valence-electron chi connectivity index (χ2n) is 4.81. The van der Waals surface area contributed by atoms with Crippen LogP contribution in [0.5, 0.6) is 0 Å². The third kappa shape index (κ3) is 3.76. The molecule has 0 bridgehead atoms. The third-order valence-corrected chi connectivity index (χ3v) is 3.29. The molecule has 98 valence electrons. The van der Waals surface area contributed by atoms with E-state index in [1.807, 2.05) is 55.5 Å². The molecule has 0 amide bonds. The molecule has 0 spiro atoms. The van der Waals surface area contributed by atoms with Gasteiger partial charge in [0.15, 0.2) is 5.78 Å². The number of benzene rings is 2. The molecule has 0 aliphatic rings. The van der Waals surface area contributed by atoms with Crippen LogP contribution in [0.2, 0.25) is 0 Å². The van der Waals surface area contributed by atoms with Crippen molar-refractivity contribution in [2.45, 2.75) is 20.4 Å². The minimum atomic E-state index is 0.138.